The molecule has 2 heterocycles. The fourth-order valence-electron chi connectivity index (χ4n) is 3.56. The molecule has 11 heteroatoms. The Balaban J connectivity index is 1.46. The van der Waals surface area contributed by atoms with Gasteiger partial charge in [0.15, 0.2) is 0 Å². The van der Waals surface area contributed by atoms with Crippen LogP contribution in [0, 0.1) is 6.92 Å². The molecule has 33 heavy (non-hydrogen) atoms. The standard InChI is InChI=1S/C22H20F3N3O3S2/c1-15-6-8-16(9-7-15)20-26-18(14-32-20)21(29)27-10-12-28(13-11-27)33(30,31)19-5-3-2-4-17(19)22(23,24)25/h2-9,14H,10-13H2,1H3. The largest absolute Gasteiger partial charge is 0.417 e. The summed E-state index contributed by atoms with van der Waals surface area (Å²) < 4.78 is 66.7. The molecular formula is C22H20F3N3O3S2. The van der Waals surface area contributed by atoms with Gasteiger partial charge in [-0.25, -0.2) is 13.4 Å². The molecule has 0 saturated carbocycles. The lowest BCUT2D eigenvalue weighted by Crippen LogP contribution is -2.50. The molecule has 0 N–H and O–H groups in total. The quantitative estimate of drug-likeness (QED) is 0.542. The van der Waals surface area contributed by atoms with E-state index in [1.165, 1.54) is 22.3 Å². The highest BCUT2D eigenvalue weighted by atomic mass is 32.2. The molecule has 1 aliphatic heterocycles. The van der Waals surface area contributed by atoms with Crippen molar-refractivity contribution < 1.29 is 26.4 Å². The Morgan fingerprint density at radius 1 is 1.00 bits per heavy atom. The van der Waals surface area contributed by atoms with Crippen LogP contribution in [0.2, 0.25) is 0 Å². The van der Waals surface area contributed by atoms with Crippen molar-refractivity contribution in [3.05, 3.63) is 70.7 Å². The number of amides is 1. The molecule has 6 nitrogen and oxygen atoms in total. The zero-order chi connectivity index (χ0) is 23.8. The van der Waals surface area contributed by atoms with Crippen molar-refractivity contribution in [2.24, 2.45) is 0 Å². The van der Waals surface area contributed by atoms with Gasteiger partial charge in [-0.2, -0.15) is 17.5 Å². The van der Waals surface area contributed by atoms with E-state index in [9.17, 15) is 26.4 Å². The van der Waals surface area contributed by atoms with Crippen LogP contribution in [0.1, 0.15) is 21.6 Å². The van der Waals surface area contributed by atoms with Gasteiger partial charge in [0.1, 0.15) is 10.7 Å². The van der Waals surface area contributed by atoms with Crippen LogP contribution in [0.3, 0.4) is 0 Å². The Morgan fingerprint density at radius 2 is 1.64 bits per heavy atom. The average molecular weight is 496 g/mol. The molecule has 4 rings (SSSR count). The number of aryl methyl sites for hydroxylation is 1. The second-order valence-corrected chi connectivity index (χ2v) is 10.4. The molecule has 0 atom stereocenters. The van der Waals surface area contributed by atoms with Crippen LogP contribution in [0.4, 0.5) is 13.2 Å². The van der Waals surface area contributed by atoms with E-state index in [0.29, 0.717) is 5.01 Å². The fourth-order valence-corrected chi connectivity index (χ4v) is 5.99. The number of alkyl halides is 3. The minimum Gasteiger partial charge on any atom is -0.335 e. The van der Waals surface area contributed by atoms with E-state index in [1.54, 1.807) is 5.38 Å². The molecule has 1 aromatic heterocycles. The fraction of sp³-hybridized carbons (Fsp3) is 0.273. The third kappa shape index (κ3) is 4.80. The maximum Gasteiger partial charge on any atom is 0.417 e. The summed E-state index contributed by atoms with van der Waals surface area (Å²) in [6.07, 6.45) is -4.79. The van der Waals surface area contributed by atoms with Gasteiger partial charge in [0.2, 0.25) is 10.0 Å². The molecule has 0 aliphatic carbocycles. The number of thiazole rings is 1. The van der Waals surface area contributed by atoms with Crippen LogP contribution in [0.5, 0.6) is 0 Å². The normalized spacial score (nSPS) is 15.6. The zero-order valence-corrected chi connectivity index (χ0v) is 19.2. The molecule has 0 radical (unpaired) electrons. The number of carbonyl (C=O) groups excluding carboxylic acids is 1. The predicted molar refractivity (Wildman–Crippen MR) is 118 cm³/mol. The second kappa shape index (κ2) is 8.88. The molecule has 0 unspecified atom stereocenters. The summed E-state index contributed by atoms with van der Waals surface area (Å²) in [6, 6.07) is 11.9. The first kappa shape index (κ1) is 23.4. The number of halogens is 3. The van der Waals surface area contributed by atoms with Gasteiger partial charge < -0.3 is 4.90 Å². The number of hydrogen-bond donors (Lipinski definition) is 0. The smallest absolute Gasteiger partial charge is 0.335 e. The highest BCUT2D eigenvalue weighted by molar-refractivity contribution is 7.89. The third-order valence-corrected chi connectivity index (χ3v) is 8.21. The minimum atomic E-state index is -4.79. The predicted octanol–water partition coefficient (Wildman–Crippen LogP) is 4.28. The number of aromatic nitrogens is 1. The lowest BCUT2D eigenvalue weighted by Gasteiger charge is -2.34. The van der Waals surface area contributed by atoms with E-state index in [0.717, 1.165) is 33.6 Å². The maximum atomic E-state index is 13.3. The molecular weight excluding hydrogens is 475 g/mol. The number of piperazine rings is 1. The Hall–Kier alpha value is -2.76. The highest BCUT2D eigenvalue weighted by Gasteiger charge is 2.40. The number of carbonyl (C=O) groups is 1. The van der Waals surface area contributed by atoms with Crippen molar-refractivity contribution in [2.45, 2.75) is 18.0 Å². The van der Waals surface area contributed by atoms with E-state index in [2.05, 4.69) is 4.98 Å². The number of sulfonamides is 1. The van der Waals surface area contributed by atoms with Gasteiger partial charge >= 0.3 is 6.18 Å². The Bertz CT molecular complexity index is 1260. The summed E-state index contributed by atoms with van der Waals surface area (Å²) in [5, 5.41) is 2.35. The Labute approximate surface area is 193 Å². The van der Waals surface area contributed by atoms with Gasteiger partial charge in [-0.15, -0.1) is 11.3 Å². The number of nitrogens with zero attached hydrogens (tertiary/aromatic N) is 3. The molecule has 0 bridgehead atoms. The van der Waals surface area contributed by atoms with Gasteiger partial charge in [-0.05, 0) is 19.1 Å². The van der Waals surface area contributed by atoms with E-state index in [-0.39, 0.29) is 37.8 Å². The minimum absolute atomic E-state index is 0.0592. The molecule has 174 valence electrons. The monoisotopic (exact) mass is 495 g/mol. The SMILES string of the molecule is Cc1ccc(-c2nc(C(=O)N3CCN(S(=O)(=O)c4ccccc4C(F)(F)F)CC3)cs2)cc1. The molecule has 1 aliphatic rings. The summed E-state index contributed by atoms with van der Waals surface area (Å²) >= 11 is 1.34. The maximum absolute atomic E-state index is 13.3. The average Bonchev–Trinajstić information content (AvgIpc) is 3.29. The number of benzene rings is 2. The van der Waals surface area contributed by atoms with Crippen molar-refractivity contribution in [1.29, 1.82) is 0 Å². The van der Waals surface area contributed by atoms with Crippen molar-refractivity contribution in [3.8, 4) is 10.6 Å². The van der Waals surface area contributed by atoms with Crippen molar-refractivity contribution in [2.75, 3.05) is 26.2 Å². The topological polar surface area (TPSA) is 70.6 Å². The number of rotatable bonds is 4. The van der Waals surface area contributed by atoms with E-state index in [1.807, 2.05) is 31.2 Å². The van der Waals surface area contributed by atoms with E-state index >= 15 is 0 Å². The van der Waals surface area contributed by atoms with Gasteiger partial charge in [0.25, 0.3) is 5.91 Å². The molecule has 0 spiro atoms. The van der Waals surface area contributed by atoms with Crippen LogP contribution in [0.15, 0.2) is 58.8 Å². The Kier molecular flexibility index (Phi) is 6.30. The van der Waals surface area contributed by atoms with Gasteiger partial charge in [0, 0.05) is 37.1 Å². The van der Waals surface area contributed by atoms with Crippen LogP contribution in [-0.4, -0.2) is 54.7 Å². The van der Waals surface area contributed by atoms with E-state index in [4.69, 9.17) is 0 Å². The molecule has 1 amide bonds. The zero-order valence-electron chi connectivity index (χ0n) is 17.5. The molecule has 2 aromatic carbocycles. The van der Waals surface area contributed by atoms with E-state index < -0.39 is 26.7 Å². The summed E-state index contributed by atoms with van der Waals surface area (Å²) in [4.78, 5) is 18.0. The number of hydrogen-bond acceptors (Lipinski definition) is 5. The van der Waals surface area contributed by atoms with Gasteiger partial charge in [0.05, 0.1) is 10.5 Å². The molecule has 1 fully saturated rings. The lowest BCUT2D eigenvalue weighted by atomic mass is 10.2. The highest BCUT2D eigenvalue weighted by Crippen LogP contribution is 2.35. The summed E-state index contributed by atoms with van der Waals surface area (Å²) in [7, 11) is -4.36. The van der Waals surface area contributed by atoms with Gasteiger partial charge in [-0.1, -0.05) is 42.0 Å². The summed E-state index contributed by atoms with van der Waals surface area (Å²) in [5.41, 5.74) is 1.06. The first-order chi connectivity index (χ1) is 15.6. The van der Waals surface area contributed by atoms with Crippen molar-refractivity contribution in [3.63, 3.8) is 0 Å². The van der Waals surface area contributed by atoms with Crippen LogP contribution < -0.4 is 0 Å². The third-order valence-electron chi connectivity index (χ3n) is 5.36. The summed E-state index contributed by atoms with van der Waals surface area (Å²) in [5.74, 6) is -0.336. The molecule has 1 saturated heterocycles. The first-order valence-electron chi connectivity index (χ1n) is 10.1. The lowest BCUT2D eigenvalue weighted by molar-refractivity contribution is -0.139. The molecule has 3 aromatic rings. The van der Waals surface area contributed by atoms with Crippen molar-refractivity contribution >= 4 is 27.3 Å². The van der Waals surface area contributed by atoms with Crippen LogP contribution >= 0.6 is 11.3 Å². The van der Waals surface area contributed by atoms with Crippen LogP contribution in [-0.2, 0) is 16.2 Å². The first-order valence-corrected chi connectivity index (χ1v) is 12.4. The van der Waals surface area contributed by atoms with Crippen LogP contribution in [0.25, 0.3) is 10.6 Å². The second-order valence-electron chi connectivity index (χ2n) is 7.59. The Morgan fingerprint density at radius 3 is 2.27 bits per heavy atom. The van der Waals surface area contributed by atoms with Gasteiger partial charge in [-0.3, -0.25) is 4.79 Å². The summed E-state index contributed by atoms with van der Waals surface area (Å²) in [6.45, 7) is 1.89. The van der Waals surface area contributed by atoms with Crippen molar-refractivity contribution in [1.82, 2.24) is 14.2 Å².